The number of carbonyl (C=O) groups is 1. The second kappa shape index (κ2) is 11.3. The van der Waals surface area contributed by atoms with Gasteiger partial charge in [-0.3, -0.25) is 4.79 Å². The molecule has 4 aromatic carbocycles. The molecule has 0 saturated heterocycles. The molecule has 1 aliphatic carbocycles. The van der Waals surface area contributed by atoms with Gasteiger partial charge in [0.25, 0.3) is 5.91 Å². The molecule has 6 nitrogen and oxygen atoms in total. The molecule has 0 spiro atoms. The van der Waals surface area contributed by atoms with Gasteiger partial charge in [-0.05, 0) is 78.6 Å². The Kier molecular flexibility index (Phi) is 7.26. The van der Waals surface area contributed by atoms with Gasteiger partial charge in [-0.2, -0.15) is 5.10 Å². The van der Waals surface area contributed by atoms with E-state index in [-0.39, 0.29) is 11.8 Å². The van der Waals surface area contributed by atoms with Crippen molar-refractivity contribution in [2.24, 2.45) is 5.92 Å². The highest BCUT2D eigenvalue weighted by atomic mass is 16.5. The van der Waals surface area contributed by atoms with Gasteiger partial charge in [-0.25, -0.2) is 9.53 Å². The molecule has 1 aliphatic rings. The van der Waals surface area contributed by atoms with Gasteiger partial charge in [0.1, 0.15) is 11.4 Å². The zero-order valence-electron chi connectivity index (χ0n) is 23.3. The lowest BCUT2D eigenvalue weighted by Gasteiger charge is -2.22. The van der Waals surface area contributed by atoms with Gasteiger partial charge >= 0.3 is 0 Å². The molecule has 1 fully saturated rings. The molecule has 1 aromatic heterocycles. The SMILES string of the molecule is [C-]#[N+]c1cccc(-n2nc(C)cc2C(=O)Nc2cccc(C(CCC3CC3)c3ccc(OC)c4ccccc34)c2)c1. The predicted molar refractivity (Wildman–Crippen MR) is 163 cm³/mol. The quantitative estimate of drug-likeness (QED) is 0.191. The van der Waals surface area contributed by atoms with Crippen LogP contribution in [0.2, 0.25) is 0 Å². The monoisotopic (exact) mass is 540 g/mol. The lowest BCUT2D eigenvalue weighted by molar-refractivity contribution is 0.101. The fraction of sp³-hybridized carbons (Fsp3) is 0.229. The highest BCUT2D eigenvalue weighted by Gasteiger charge is 2.25. The Labute approximate surface area is 240 Å². The summed E-state index contributed by atoms with van der Waals surface area (Å²) in [6.07, 6.45) is 4.86. The van der Waals surface area contributed by atoms with Crippen LogP contribution in [0.15, 0.2) is 91.0 Å². The number of nitrogens with one attached hydrogen (secondary N) is 1. The Morgan fingerprint density at radius 2 is 1.83 bits per heavy atom. The van der Waals surface area contributed by atoms with Crippen LogP contribution in [-0.2, 0) is 0 Å². The van der Waals surface area contributed by atoms with Crippen molar-refractivity contribution in [2.75, 3.05) is 12.4 Å². The van der Waals surface area contributed by atoms with Crippen LogP contribution in [0, 0.1) is 19.4 Å². The number of hydrogen-bond donors (Lipinski definition) is 1. The van der Waals surface area contributed by atoms with E-state index in [1.54, 1.807) is 36.1 Å². The number of methoxy groups -OCH3 is 1. The summed E-state index contributed by atoms with van der Waals surface area (Å²) in [5.74, 6) is 1.63. The van der Waals surface area contributed by atoms with Crippen LogP contribution in [0.5, 0.6) is 5.75 Å². The molecule has 0 radical (unpaired) electrons. The Morgan fingerprint density at radius 3 is 2.61 bits per heavy atom. The molecule has 1 atom stereocenters. The first-order chi connectivity index (χ1) is 20.0. The Morgan fingerprint density at radius 1 is 1.02 bits per heavy atom. The van der Waals surface area contributed by atoms with Crippen molar-refractivity contribution >= 4 is 28.1 Å². The topological polar surface area (TPSA) is 60.5 Å². The number of hydrogen-bond acceptors (Lipinski definition) is 3. The average molecular weight is 541 g/mol. The van der Waals surface area contributed by atoms with E-state index in [4.69, 9.17) is 11.3 Å². The fourth-order valence-corrected chi connectivity index (χ4v) is 5.67. The van der Waals surface area contributed by atoms with Gasteiger partial charge in [0.2, 0.25) is 0 Å². The predicted octanol–water partition coefficient (Wildman–Crippen LogP) is 8.47. The number of nitrogens with zero attached hydrogens (tertiary/aromatic N) is 3. The van der Waals surface area contributed by atoms with Crippen LogP contribution in [0.25, 0.3) is 21.3 Å². The first kappa shape index (κ1) is 26.3. The maximum absolute atomic E-state index is 13.5. The number of rotatable bonds is 9. The maximum atomic E-state index is 13.5. The summed E-state index contributed by atoms with van der Waals surface area (Å²) >= 11 is 0. The lowest BCUT2D eigenvalue weighted by Crippen LogP contribution is -2.17. The number of benzene rings is 4. The Hall–Kier alpha value is -4.89. The first-order valence-corrected chi connectivity index (χ1v) is 14.1. The highest BCUT2D eigenvalue weighted by Crippen LogP contribution is 2.42. The number of ether oxygens (including phenoxy) is 1. The normalized spacial score (nSPS) is 13.5. The molecule has 5 aromatic rings. The Balaban J connectivity index is 1.33. The van der Waals surface area contributed by atoms with E-state index in [0.29, 0.717) is 17.1 Å². The minimum atomic E-state index is -0.250. The smallest absolute Gasteiger partial charge is 0.274 e. The van der Waals surface area contributed by atoms with Crippen molar-refractivity contribution in [3.05, 3.63) is 125 Å². The van der Waals surface area contributed by atoms with Gasteiger partial charge < -0.3 is 10.1 Å². The summed E-state index contributed by atoms with van der Waals surface area (Å²) in [5.41, 5.74) is 5.51. The molecule has 0 aliphatic heterocycles. The molecule has 1 heterocycles. The first-order valence-electron chi connectivity index (χ1n) is 14.1. The zero-order valence-corrected chi connectivity index (χ0v) is 23.3. The van der Waals surface area contributed by atoms with Crippen molar-refractivity contribution in [1.82, 2.24) is 9.78 Å². The molecule has 0 bridgehead atoms. The second-order valence-electron chi connectivity index (χ2n) is 10.8. The van der Waals surface area contributed by atoms with Crippen molar-refractivity contribution in [3.63, 3.8) is 0 Å². The van der Waals surface area contributed by atoms with Crippen LogP contribution in [0.4, 0.5) is 11.4 Å². The van der Waals surface area contributed by atoms with E-state index >= 15 is 0 Å². The molecule has 41 heavy (non-hydrogen) atoms. The fourth-order valence-electron chi connectivity index (χ4n) is 5.67. The third-order valence-electron chi connectivity index (χ3n) is 7.89. The number of aryl methyl sites for hydroxylation is 1. The van der Waals surface area contributed by atoms with Gasteiger partial charge in [-0.15, -0.1) is 0 Å². The van der Waals surface area contributed by atoms with E-state index in [2.05, 4.69) is 57.7 Å². The highest BCUT2D eigenvalue weighted by molar-refractivity contribution is 6.03. The Bertz CT molecular complexity index is 1780. The zero-order chi connectivity index (χ0) is 28.3. The number of aromatic nitrogens is 2. The van der Waals surface area contributed by atoms with E-state index in [1.165, 1.54) is 35.8 Å². The number of fused-ring (bicyclic) bond motifs is 1. The van der Waals surface area contributed by atoms with Crippen molar-refractivity contribution in [1.29, 1.82) is 0 Å². The van der Waals surface area contributed by atoms with Gasteiger partial charge in [0, 0.05) is 17.0 Å². The second-order valence-corrected chi connectivity index (χ2v) is 10.8. The standard InChI is InChI=1S/C35H32N4O2/c1-23-20-33(39(38-23)28-11-7-9-26(22-28)36-2)35(40)37-27-10-6-8-25(21-27)29(17-16-24-14-15-24)31-18-19-34(41-3)32-13-5-4-12-30(31)32/h4-13,18-22,24,29H,14-17H2,1,3H3,(H,37,40). The van der Waals surface area contributed by atoms with E-state index < -0.39 is 0 Å². The summed E-state index contributed by atoms with van der Waals surface area (Å²) in [7, 11) is 1.72. The summed E-state index contributed by atoms with van der Waals surface area (Å²) < 4.78 is 7.27. The minimum Gasteiger partial charge on any atom is -0.496 e. The number of carbonyl (C=O) groups excluding carboxylic acids is 1. The molecular formula is C35H32N4O2. The van der Waals surface area contributed by atoms with Gasteiger partial charge in [0.05, 0.1) is 25.1 Å². The van der Waals surface area contributed by atoms with E-state index in [0.717, 1.165) is 34.9 Å². The third kappa shape index (κ3) is 5.57. The van der Waals surface area contributed by atoms with Crippen LogP contribution in [0.3, 0.4) is 0 Å². The summed E-state index contributed by atoms with van der Waals surface area (Å²) in [4.78, 5) is 17.1. The van der Waals surface area contributed by atoms with E-state index in [1.807, 2.05) is 31.2 Å². The molecule has 6 heteroatoms. The molecule has 1 saturated carbocycles. The molecular weight excluding hydrogens is 508 g/mol. The summed E-state index contributed by atoms with van der Waals surface area (Å²) in [6, 6.07) is 29.8. The van der Waals surface area contributed by atoms with Crippen molar-refractivity contribution in [3.8, 4) is 11.4 Å². The van der Waals surface area contributed by atoms with Crippen LogP contribution >= 0.6 is 0 Å². The summed E-state index contributed by atoms with van der Waals surface area (Å²) in [5, 5.41) is 9.95. The third-order valence-corrected chi connectivity index (χ3v) is 7.89. The van der Waals surface area contributed by atoms with Crippen LogP contribution in [0.1, 0.15) is 58.9 Å². The van der Waals surface area contributed by atoms with Crippen LogP contribution in [-0.4, -0.2) is 22.8 Å². The average Bonchev–Trinajstić information content (AvgIpc) is 3.75. The lowest BCUT2D eigenvalue weighted by atomic mass is 9.84. The number of anilines is 1. The van der Waals surface area contributed by atoms with Crippen molar-refractivity contribution in [2.45, 2.75) is 38.5 Å². The largest absolute Gasteiger partial charge is 0.496 e. The van der Waals surface area contributed by atoms with Crippen LogP contribution < -0.4 is 10.1 Å². The molecule has 204 valence electrons. The maximum Gasteiger partial charge on any atom is 0.274 e. The van der Waals surface area contributed by atoms with Crippen molar-refractivity contribution < 1.29 is 9.53 Å². The molecule has 1 unspecified atom stereocenters. The van der Waals surface area contributed by atoms with E-state index in [9.17, 15) is 4.79 Å². The summed E-state index contributed by atoms with van der Waals surface area (Å²) in [6.45, 7) is 9.20. The number of amides is 1. The minimum absolute atomic E-state index is 0.187. The molecule has 1 amide bonds. The van der Waals surface area contributed by atoms with Gasteiger partial charge in [-0.1, -0.05) is 67.4 Å². The molecule has 1 N–H and O–H groups in total. The molecule has 6 rings (SSSR count). The van der Waals surface area contributed by atoms with Gasteiger partial charge in [0.15, 0.2) is 5.69 Å².